The molecule has 0 fully saturated rings. The maximum Gasteiger partial charge on any atom is 0.540 e. The summed E-state index contributed by atoms with van der Waals surface area (Å²) in [6, 6.07) is 5.67. The summed E-state index contributed by atoms with van der Waals surface area (Å²) in [7, 11) is 0. The summed E-state index contributed by atoms with van der Waals surface area (Å²) in [5.41, 5.74) is -1.57. The van der Waals surface area contributed by atoms with E-state index in [-0.39, 0.29) is 22.9 Å². The molecule has 2 aliphatic rings. The first-order valence-corrected chi connectivity index (χ1v) is 9.57. The second kappa shape index (κ2) is 8.78. The molecule has 9 nitrogen and oxygen atoms in total. The fourth-order valence-corrected chi connectivity index (χ4v) is 3.05. The molecular formula is C21H13F5N4O5. The van der Waals surface area contributed by atoms with E-state index in [1.165, 1.54) is 24.4 Å². The number of benzene rings is 2. The molecule has 1 unspecified atom stereocenters. The van der Waals surface area contributed by atoms with Crippen LogP contribution in [0, 0.1) is 17.1 Å². The van der Waals surface area contributed by atoms with Crippen LogP contribution in [-0.4, -0.2) is 28.6 Å². The van der Waals surface area contributed by atoms with Crippen molar-refractivity contribution in [2.45, 2.75) is 18.4 Å². The maximum atomic E-state index is 14.4. The molecule has 0 spiro atoms. The molecule has 0 radical (unpaired) electrons. The zero-order chi connectivity index (χ0) is 25.4. The monoisotopic (exact) mass is 496 g/mol. The van der Waals surface area contributed by atoms with Crippen LogP contribution >= 0.6 is 0 Å². The van der Waals surface area contributed by atoms with Crippen LogP contribution < -0.4 is 20.1 Å². The van der Waals surface area contributed by atoms with Crippen molar-refractivity contribution in [1.29, 1.82) is 5.26 Å². The largest absolute Gasteiger partial charge is 0.540 e. The first-order valence-electron chi connectivity index (χ1n) is 9.57. The molecular weight excluding hydrogens is 483 g/mol. The van der Waals surface area contributed by atoms with Gasteiger partial charge >= 0.3 is 18.4 Å². The first-order chi connectivity index (χ1) is 16.5. The Bertz CT molecular complexity index is 1280. The number of amides is 2. The van der Waals surface area contributed by atoms with E-state index in [0.29, 0.717) is 11.1 Å². The zero-order valence-corrected chi connectivity index (χ0v) is 17.1. The summed E-state index contributed by atoms with van der Waals surface area (Å²) in [6.07, 6.45) is -5.11. The molecule has 0 saturated carbocycles. The molecule has 1 atom stereocenters. The number of fused-ring (bicyclic) bond motifs is 1. The molecule has 2 heterocycles. The van der Waals surface area contributed by atoms with E-state index in [1.807, 2.05) is 6.07 Å². The predicted octanol–water partition coefficient (Wildman–Crippen LogP) is 4.85. The van der Waals surface area contributed by atoms with Crippen LogP contribution in [-0.2, 0) is 10.8 Å². The van der Waals surface area contributed by atoms with Gasteiger partial charge < -0.3 is 20.1 Å². The van der Waals surface area contributed by atoms with Crippen molar-refractivity contribution < 1.29 is 46.2 Å². The Hall–Kier alpha value is -4.35. The van der Waals surface area contributed by atoms with E-state index in [4.69, 9.17) is 10.00 Å². The molecule has 0 saturated heterocycles. The number of halogens is 5. The summed E-state index contributed by atoms with van der Waals surface area (Å²) in [5, 5.41) is 23.4. The molecule has 2 aromatic rings. The normalized spacial score (nSPS) is 19.5. The number of allylic oxidation sites excluding steroid dienone is 1. The number of anilines is 2. The second-order valence-electron chi connectivity index (χ2n) is 7.06. The number of carbonyl (C=O) groups is 1. The van der Waals surface area contributed by atoms with E-state index in [9.17, 15) is 32.0 Å². The maximum absolute atomic E-state index is 14.4. The van der Waals surface area contributed by atoms with Crippen LogP contribution in [0.3, 0.4) is 0 Å². The van der Waals surface area contributed by atoms with Gasteiger partial charge in [-0.2, -0.15) is 14.0 Å². The lowest BCUT2D eigenvalue weighted by molar-refractivity contribution is -0.461. The Morgan fingerprint density at radius 2 is 1.94 bits per heavy atom. The third-order valence-electron chi connectivity index (χ3n) is 4.58. The highest BCUT2D eigenvalue weighted by atomic mass is 19.3. The van der Waals surface area contributed by atoms with Gasteiger partial charge in [0.05, 0.1) is 17.3 Å². The number of alkyl halides is 4. The van der Waals surface area contributed by atoms with Gasteiger partial charge in [-0.3, -0.25) is 5.21 Å². The lowest BCUT2D eigenvalue weighted by atomic mass is 10.1. The lowest BCUT2D eigenvalue weighted by Crippen LogP contribution is -2.41. The SMILES string of the molecule is N#CC1C=C(Oc2ccc(NC(=O)Nc3ccc4c(c3)C(F)(F)OC(F)(F)O4)c(F)c2)C=CN1O. The van der Waals surface area contributed by atoms with Gasteiger partial charge in [0.1, 0.15) is 23.1 Å². The number of nitrogens with one attached hydrogen (secondary N) is 2. The minimum Gasteiger partial charge on any atom is -0.457 e. The van der Waals surface area contributed by atoms with E-state index in [0.717, 1.165) is 24.3 Å². The number of nitriles is 1. The number of urea groups is 1. The number of rotatable bonds is 4. The fourth-order valence-electron chi connectivity index (χ4n) is 3.05. The van der Waals surface area contributed by atoms with Gasteiger partial charge in [-0.1, -0.05) is 0 Å². The number of hydrogen-bond donors (Lipinski definition) is 3. The minimum absolute atomic E-state index is 0.0150. The molecule has 14 heteroatoms. The van der Waals surface area contributed by atoms with Crippen LogP contribution in [0.4, 0.5) is 38.1 Å². The number of ether oxygens (including phenoxy) is 3. The Morgan fingerprint density at radius 1 is 1.17 bits per heavy atom. The zero-order valence-electron chi connectivity index (χ0n) is 17.1. The van der Waals surface area contributed by atoms with Crippen molar-refractivity contribution in [2.24, 2.45) is 0 Å². The third-order valence-corrected chi connectivity index (χ3v) is 4.58. The highest BCUT2D eigenvalue weighted by molar-refractivity contribution is 6.00. The minimum atomic E-state index is -4.53. The van der Waals surface area contributed by atoms with Gasteiger partial charge in [0.2, 0.25) is 0 Å². The van der Waals surface area contributed by atoms with E-state index in [2.05, 4.69) is 20.1 Å². The van der Waals surface area contributed by atoms with Gasteiger partial charge in [0.25, 0.3) is 0 Å². The van der Waals surface area contributed by atoms with Gasteiger partial charge in [0, 0.05) is 18.0 Å². The number of hydrogen-bond acceptors (Lipinski definition) is 7. The van der Waals surface area contributed by atoms with Gasteiger partial charge in [0.15, 0.2) is 6.04 Å². The molecule has 0 aliphatic carbocycles. The van der Waals surface area contributed by atoms with E-state index >= 15 is 0 Å². The quantitative estimate of drug-likeness (QED) is 0.518. The molecule has 2 aromatic carbocycles. The fraction of sp³-hybridized carbons (Fsp3) is 0.143. The molecule has 2 aliphatic heterocycles. The highest BCUT2D eigenvalue weighted by Crippen LogP contribution is 2.46. The average Bonchev–Trinajstić information content (AvgIpc) is 2.76. The summed E-state index contributed by atoms with van der Waals surface area (Å²) < 4.78 is 81.2. The van der Waals surface area contributed by atoms with Crippen molar-refractivity contribution in [3.63, 3.8) is 0 Å². The molecule has 0 bridgehead atoms. The van der Waals surface area contributed by atoms with Crippen LogP contribution in [0.2, 0.25) is 0 Å². The van der Waals surface area contributed by atoms with E-state index < -0.39 is 41.6 Å². The molecule has 0 aromatic heterocycles. The van der Waals surface area contributed by atoms with Crippen molar-refractivity contribution >= 4 is 17.4 Å². The second-order valence-corrected chi connectivity index (χ2v) is 7.06. The summed E-state index contributed by atoms with van der Waals surface area (Å²) in [6.45, 7) is 0. The van der Waals surface area contributed by atoms with Crippen molar-refractivity contribution in [3.05, 3.63) is 71.9 Å². The summed E-state index contributed by atoms with van der Waals surface area (Å²) in [4.78, 5) is 12.2. The molecule has 2 amide bonds. The van der Waals surface area contributed by atoms with Crippen molar-refractivity contribution in [1.82, 2.24) is 5.06 Å². The Balaban J connectivity index is 1.42. The van der Waals surface area contributed by atoms with Gasteiger partial charge in [-0.15, -0.1) is 8.78 Å². The van der Waals surface area contributed by atoms with Crippen LogP contribution in [0.5, 0.6) is 11.5 Å². The predicted molar refractivity (Wildman–Crippen MR) is 107 cm³/mol. The average molecular weight is 496 g/mol. The molecule has 35 heavy (non-hydrogen) atoms. The first kappa shape index (κ1) is 23.8. The molecule has 4 rings (SSSR count). The lowest BCUT2D eigenvalue weighted by Gasteiger charge is -2.30. The van der Waals surface area contributed by atoms with Gasteiger partial charge in [-0.05, 0) is 42.5 Å². The Labute approximate surface area is 193 Å². The standard InChI is InChI=1S/C21H13F5N4O5/c22-16-9-13(33-14-5-6-30(32)12(8-14)10-27)2-3-17(16)29-19(31)28-11-1-4-18-15(7-11)20(23,24)35-21(25,26)34-18/h1-9,12,32H,(H2,28,29,31). The summed E-state index contributed by atoms with van der Waals surface area (Å²) in [5.74, 6) is -1.58. The van der Waals surface area contributed by atoms with Crippen LogP contribution in [0.1, 0.15) is 5.56 Å². The molecule has 182 valence electrons. The van der Waals surface area contributed by atoms with Crippen LogP contribution in [0.15, 0.2) is 60.5 Å². The summed E-state index contributed by atoms with van der Waals surface area (Å²) >= 11 is 0. The number of hydroxylamine groups is 2. The smallest absolute Gasteiger partial charge is 0.457 e. The Kier molecular flexibility index (Phi) is 5.97. The van der Waals surface area contributed by atoms with Crippen molar-refractivity contribution in [2.75, 3.05) is 10.6 Å². The topological polar surface area (TPSA) is 116 Å². The van der Waals surface area contributed by atoms with Crippen LogP contribution in [0.25, 0.3) is 0 Å². The number of carbonyl (C=O) groups excluding carboxylic acids is 1. The Morgan fingerprint density at radius 3 is 2.66 bits per heavy atom. The highest BCUT2D eigenvalue weighted by Gasteiger charge is 2.54. The van der Waals surface area contributed by atoms with Gasteiger partial charge in [-0.25, -0.2) is 19.0 Å². The number of nitrogens with zero attached hydrogens (tertiary/aromatic N) is 2. The van der Waals surface area contributed by atoms with Crippen molar-refractivity contribution in [3.8, 4) is 17.6 Å². The third kappa shape index (κ3) is 5.26. The molecule has 3 N–H and O–H groups in total. The van der Waals surface area contributed by atoms with E-state index in [1.54, 1.807) is 0 Å².